The molecule has 10 heavy (non-hydrogen) atoms. The Labute approximate surface area is 75.6 Å². The molecule has 0 spiro atoms. The first-order valence-electron chi connectivity index (χ1n) is 2.75. The summed E-state index contributed by atoms with van der Waals surface area (Å²) < 4.78 is 0. The zero-order valence-corrected chi connectivity index (χ0v) is 7.72. The van der Waals surface area contributed by atoms with Crippen LogP contribution in [0.4, 0.5) is 5.69 Å². The van der Waals surface area contributed by atoms with Crippen LogP contribution in [0.1, 0.15) is 5.56 Å². The van der Waals surface area contributed by atoms with Gasteiger partial charge in [0.15, 0.2) is 0 Å². The van der Waals surface area contributed by atoms with Gasteiger partial charge in [-0.25, -0.2) is 0 Å². The van der Waals surface area contributed by atoms with E-state index in [4.69, 9.17) is 10.8 Å². The van der Waals surface area contributed by atoms with Crippen molar-refractivity contribution in [3.63, 3.8) is 0 Å². The second-order valence-electron chi connectivity index (χ2n) is 2.04. The molecule has 1 aromatic rings. The number of aryl methyl sites for hydroxylation is 1. The predicted molar refractivity (Wildman–Crippen MR) is 37.3 cm³/mol. The molecular weight excluding hydrogens is 311 g/mol. The first-order chi connectivity index (χ1) is 4.20. The van der Waals surface area contributed by atoms with Crippen molar-refractivity contribution >= 4 is 5.69 Å². The van der Waals surface area contributed by atoms with Crippen LogP contribution in [0.15, 0.2) is 18.2 Å². The van der Waals surface area contributed by atoms with E-state index in [2.05, 4.69) is 0 Å². The molecule has 0 aliphatic rings. The Balaban J connectivity index is 0.000000810. The van der Waals surface area contributed by atoms with Crippen LogP contribution < -0.4 is 5.73 Å². The van der Waals surface area contributed by atoms with Gasteiger partial charge in [-0.2, -0.15) is 0 Å². The molecule has 0 saturated carbocycles. The van der Waals surface area contributed by atoms with Crippen LogP contribution in [0.5, 0.6) is 5.75 Å². The smallest absolute Gasteiger partial charge is 0.115 e. The van der Waals surface area contributed by atoms with Gasteiger partial charge in [0.1, 0.15) is 5.75 Å². The number of aromatic hydroxyl groups is 1. The molecule has 3 N–H and O–H groups in total. The summed E-state index contributed by atoms with van der Waals surface area (Å²) in [5.74, 6) is 0.265. The van der Waals surface area contributed by atoms with Crippen LogP contribution in [0.2, 0.25) is 0 Å². The molecular formula is C7H9AuNO. The summed E-state index contributed by atoms with van der Waals surface area (Å²) in [6, 6.07) is 4.89. The van der Waals surface area contributed by atoms with Crippen LogP contribution in [0.25, 0.3) is 0 Å². The molecule has 1 rings (SSSR count). The minimum absolute atomic E-state index is 0. The van der Waals surface area contributed by atoms with Gasteiger partial charge in [0.2, 0.25) is 0 Å². The zero-order valence-electron chi connectivity index (χ0n) is 5.56. The van der Waals surface area contributed by atoms with E-state index in [0.29, 0.717) is 5.69 Å². The van der Waals surface area contributed by atoms with Crippen molar-refractivity contribution in [3.05, 3.63) is 23.8 Å². The summed E-state index contributed by atoms with van der Waals surface area (Å²) in [5, 5.41) is 8.88. The van der Waals surface area contributed by atoms with Gasteiger partial charge in [-0.15, -0.1) is 0 Å². The number of nitrogen functional groups attached to an aromatic ring is 1. The average molecular weight is 320 g/mol. The Morgan fingerprint density at radius 1 is 1.40 bits per heavy atom. The summed E-state index contributed by atoms with van der Waals surface area (Å²) in [6.45, 7) is 1.86. The van der Waals surface area contributed by atoms with Crippen LogP contribution in [0, 0.1) is 6.92 Å². The van der Waals surface area contributed by atoms with Crippen LogP contribution in [-0.2, 0) is 22.4 Å². The van der Waals surface area contributed by atoms with Gasteiger partial charge < -0.3 is 10.8 Å². The monoisotopic (exact) mass is 320 g/mol. The van der Waals surface area contributed by atoms with E-state index >= 15 is 0 Å². The number of phenolic OH excluding ortho intramolecular Hbond substituents is 1. The second kappa shape index (κ2) is 3.66. The normalized spacial score (nSPS) is 8.50. The van der Waals surface area contributed by atoms with Crippen LogP contribution in [0.3, 0.4) is 0 Å². The van der Waals surface area contributed by atoms with E-state index in [1.165, 1.54) is 0 Å². The summed E-state index contributed by atoms with van der Waals surface area (Å²) in [6.07, 6.45) is 0. The molecule has 0 aliphatic carbocycles. The molecule has 1 radical (unpaired) electrons. The van der Waals surface area contributed by atoms with E-state index < -0.39 is 0 Å². The van der Waals surface area contributed by atoms with Crippen molar-refractivity contribution in [3.8, 4) is 5.75 Å². The molecule has 0 saturated heterocycles. The minimum atomic E-state index is 0. The minimum Gasteiger partial charge on any atom is -0.508 e. The third-order valence-electron chi connectivity index (χ3n) is 1.25. The Kier molecular flexibility index (Phi) is 3.50. The first kappa shape index (κ1) is 9.56. The Morgan fingerprint density at radius 2 is 2.00 bits per heavy atom. The molecule has 0 heterocycles. The molecule has 0 bridgehead atoms. The van der Waals surface area contributed by atoms with Gasteiger partial charge in [-0.05, 0) is 30.7 Å². The Morgan fingerprint density at radius 3 is 2.40 bits per heavy atom. The quantitative estimate of drug-likeness (QED) is 0.430. The number of benzene rings is 1. The topological polar surface area (TPSA) is 46.2 Å². The van der Waals surface area contributed by atoms with Crippen LogP contribution >= 0.6 is 0 Å². The van der Waals surface area contributed by atoms with Crippen LogP contribution in [-0.4, -0.2) is 5.11 Å². The molecule has 1 aromatic carbocycles. The maximum absolute atomic E-state index is 8.88. The Hall–Kier alpha value is -0.440. The molecule has 0 atom stereocenters. The van der Waals surface area contributed by atoms with Crippen molar-refractivity contribution in [1.29, 1.82) is 0 Å². The fourth-order valence-corrected chi connectivity index (χ4v) is 0.660. The van der Waals surface area contributed by atoms with Gasteiger partial charge in [0.25, 0.3) is 0 Å². The summed E-state index contributed by atoms with van der Waals surface area (Å²) >= 11 is 0. The molecule has 0 aromatic heterocycles. The number of hydrogen-bond donors (Lipinski definition) is 2. The standard InChI is InChI=1S/C7H9NO.Au/c1-5-4-6(9)2-3-7(5)8;/h2-4,9H,8H2,1H3;. The maximum Gasteiger partial charge on any atom is 0.115 e. The molecule has 2 nitrogen and oxygen atoms in total. The van der Waals surface area contributed by atoms with E-state index in [1.807, 2.05) is 6.92 Å². The van der Waals surface area contributed by atoms with Gasteiger partial charge in [-0.1, -0.05) is 0 Å². The SMILES string of the molecule is Cc1cc(O)ccc1N.[Au]. The van der Waals surface area contributed by atoms with Gasteiger partial charge in [-0.3, -0.25) is 0 Å². The first-order valence-corrected chi connectivity index (χ1v) is 2.75. The predicted octanol–water partition coefficient (Wildman–Crippen LogP) is 1.28. The Bertz CT molecular complexity index is 225. The van der Waals surface area contributed by atoms with E-state index in [1.54, 1.807) is 18.2 Å². The van der Waals surface area contributed by atoms with Gasteiger partial charge in [0.05, 0.1) is 0 Å². The fraction of sp³-hybridized carbons (Fsp3) is 0.143. The van der Waals surface area contributed by atoms with Crippen molar-refractivity contribution < 1.29 is 27.5 Å². The van der Waals surface area contributed by atoms with E-state index in [-0.39, 0.29) is 28.1 Å². The van der Waals surface area contributed by atoms with E-state index in [0.717, 1.165) is 5.56 Å². The third-order valence-corrected chi connectivity index (χ3v) is 1.25. The van der Waals surface area contributed by atoms with Crippen molar-refractivity contribution in [2.24, 2.45) is 0 Å². The number of nitrogens with two attached hydrogens (primary N) is 1. The third kappa shape index (κ3) is 2.06. The molecule has 0 unspecified atom stereocenters. The average Bonchev–Trinajstić information content (AvgIpc) is 1.80. The van der Waals surface area contributed by atoms with E-state index in [9.17, 15) is 0 Å². The number of phenols is 1. The second-order valence-corrected chi connectivity index (χ2v) is 2.04. The molecule has 0 aliphatic heterocycles. The number of anilines is 1. The van der Waals surface area contributed by atoms with Crippen molar-refractivity contribution in [2.75, 3.05) is 5.73 Å². The molecule has 0 fully saturated rings. The van der Waals surface area contributed by atoms with Crippen molar-refractivity contribution in [2.45, 2.75) is 6.92 Å². The molecule has 3 heteroatoms. The summed E-state index contributed by atoms with van der Waals surface area (Å²) in [5.41, 5.74) is 7.11. The molecule has 0 amide bonds. The molecule has 59 valence electrons. The largest absolute Gasteiger partial charge is 0.508 e. The van der Waals surface area contributed by atoms with Crippen molar-refractivity contribution in [1.82, 2.24) is 0 Å². The fourth-order valence-electron chi connectivity index (χ4n) is 0.660. The summed E-state index contributed by atoms with van der Waals surface area (Å²) in [7, 11) is 0. The zero-order chi connectivity index (χ0) is 6.85. The number of hydrogen-bond acceptors (Lipinski definition) is 2. The van der Waals surface area contributed by atoms with Gasteiger partial charge in [0, 0.05) is 28.1 Å². The number of rotatable bonds is 0. The maximum atomic E-state index is 8.88. The van der Waals surface area contributed by atoms with Gasteiger partial charge >= 0.3 is 0 Å². The summed E-state index contributed by atoms with van der Waals surface area (Å²) in [4.78, 5) is 0.